The number of nitrogens with two attached hydrogens (primary N) is 1. The number of nitrogens with one attached hydrogen (secondary N) is 1. The number of anilines is 1. The van der Waals surface area contributed by atoms with E-state index in [1.807, 2.05) is 36.4 Å². The van der Waals surface area contributed by atoms with Crippen LogP contribution >= 0.6 is 24.8 Å². The average Bonchev–Trinajstić information content (AvgIpc) is 3.09. The summed E-state index contributed by atoms with van der Waals surface area (Å²) >= 11 is 0. The highest BCUT2D eigenvalue weighted by atomic mass is 35.5. The van der Waals surface area contributed by atoms with E-state index in [9.17, 15) is 4.79 Å². The molecule has 25 heavy (non-hydrogen) atoms. The van der Waals surface area contributed by atoms with Crippen LogP contribution in [0.4, 0.5) is 5.69 Å². The Kier molecular flexibility index (Phi) is 8.76. The minimum atomic E-state index is -0.595. The number of rotatable bonds is 5. The summed E-state index contributed by atoms with van der Waals surface area (Å²) in [5.41, 5.74) is 8.12. The van der Waals surface area contributed by atoms with E-state index in [1.54, 1.807) is 0 Å². The molecule has 1 aliphatic rings. The zero-order chi connectivity index (χ0) is 16.1. The SMILES string of the molecule is Cl.Cl.NC(C(=O)NCC1CCN(c2ccccc2)C1)c1ccccc1. The van der Waals surface area contributed by atoms with Crippen molar-refractivity contribution in [3.63, 3.8) is 0 Å². The molecule has 0 saturated carbocycles. The molecule has 3 rings (SSSR count). The molecule has 2 atom stereocenters. The topological polar surface area (TPSA) is 58.4 Å². The van der Waals surface area contributed by atoms with E-state index in [-0.39, 0.29) is 30.7 Å². The van der Waals surface area contributed by atoms with E-state index in [0.717, 1.165) is 25.1 Å². The quantitative estimate of drug-likeness (QED) is 0.835. The normalized spacial score (nSPS) is 17.2. The van der Waals surface area contributed by atoms with E-state index >= 15 is 0 Å². The van der Waals surface area contributed by atoms with Gasteiger partial charge < -0.3 is 16.0 Å². The third kappa shape index (κ3) is 5.63. The van der Waals surface area contributed by atoms with Crippen LogP contribution in [0.3, 0.4) is 0 Å². The minimum absolute atomic E-state index is 0. The van der Waals surface area contributed by atoms with Gasteiger partial charge in [0.05, 0.1) is 0 Å². The molecule has 0 aromatic heterocycles. The number of carbonyl (C=O) groups is 1. The highest BCUT2D eigenvalue weighted by molar-refractivity contribution is 5.85. The standard InChI is InChI=1S/C19H23N3O.2ClH/c20-18(16-7-3-1-4-8-16)19(23)21-13-15-11-12-22(14-15)17-9-5-2-6-10-17;;/h1-10,15,18H,11-14,20H2,(H,21,23);2*1H. The zero-order valence-electron chi connectivity index (χ0n) is 14.0. The molecular weight excluding hydrogens is 357 g/mol. The second-order valence-corrected chi connectivity index (χ2v) is 6.07. The number of halogens is 2. The van der Waals surface area contributed by atoms with Gasteiger partial charge in [-0.2, -0.15) is 0 Å². The first-order valence-corrected chi connectivity index (χ1v) is 8.12. The highest BCUT2D eigenvalue weighted by Crippen LogP contribution is 2.23. The third-order valence-corrected chi connectivity index (χ3v) is 4.41. The lowest BCUT2D eigenvalue weighted by atomic mass is 10.1. The van der Waals surface area contributed by atoms with Crippen LogP contribution in [-0.2, 0) is 4.79 Å². The monoisotopic (exact) mass is 381 g/mol. The number of hydrogen-bond acceptors (Lipinski definition) is 3. The van der Waals surface area contributed by atoms with Crippen molar-refractivity contribution in [1.82, 2.24) is 5.32 Å². The Balaban J connectivity index is 0.00000156. The van der Waals surface area contributed by atoms with E-state index in [1.165, 1.54) is 5.69 Å². The van der Waals surface area contributed by atoms with Crippen molar-refractivity contribution in [1.29, 1.82) is 0 Å². The Morgan fingerprint density at radius 3 is 2.32 bits per heavy atom. The van der Waals surface area contributed by atoms with Crippen LogP contribution in [0.15, 0.2) is 60.7 Å². The Morgan fingerprint density at radius 2 is 1.68 bits per heavy atom. The summed E-state index contributed by atoms with van der Waals surface area (Å²) in [6.07, 6.45) is 1.09. The largest absolute Gasteiger partial charge is 0.371 e. The lowest BCUT2D eigenvalue weighted by Crippen LogP contribution is -2.37. The van der Waals surface area contributed by atoms with Gasteiger partial charge in [0.25, 0.3) is 0 Å². The van der Waals surface area contributed by atoms with Crippen LogP contribution in [0, 0.1) is 5.92 Å². The molecule has 136 valence electrons. The summed E-state index contributed by atoms with van der Waals surface area (Å²) in [5.74, 6) is 0.372. The zero-order valence-corrected chi connectivity index (χ0v) is 15.6. The number of hydrogen-bond donors (Lipinski definition) is 2. The van der Waals surface area contributed by atoms with Crippen LogP contribution in [0.25, 0.3) is 0 Å². The molecule has 2 aromatic carbocycles. The molecule has 0 aliphatic carbocycles. The van der Waals surface area contributed by atoms with Crippen molar-refractivity contribution in [2.75, 3.05) is 24.5 Å². The van der Waals surface area contributed by atoms with Gasteiger partial charge in [0.1, 0.15) is 6.04 Å². The molecule has 0 radical (unpaired) electrons. The predicted molar refractivity (Wildman–Crippen MR) is 108 cm³/mol. The molecular formula is C19H25Cl2N3O. The third-order valence-electron chi connectivity index (χ3n) is 4.41. The van der Waals surface area contributed by atoms with Gasteiger partial charge in [-0.05, 0) is 30.0 Å². The minimum Gasteiger partial charge on any atom is -0.371 e. The van der Waals surface area contributed by atoms with Crippen molar-refractivity contribution in [2.45, 2.75) is 12.5 Å². The van der Waals surface area contributed by atoms with E-state index in [0.29, 0.717) is 12.5 Å². The Morgan fingerprint density at radius 1 is 1.08 bits per heavy atom. The number of nitrogens with zero attached hydrogens (tertiary/aromatic N) is 1. The number of amides is 1. The number of benzene rings is 2. The molecule has 1 amide bonds. The van der Waals surface area contributed by atoms with E-state index < -0.39 is 6.04 Å². The second-order valence-electron chi connectivity index (χ2n) is 6.07. The van der Waals surface area contributed by atoms with E-state index in [2.05, 4.69) is 34.5 Å². The van der Waals surface area contributed by atoms with Crippen molar-refractivity contribution in [2.24, 2.45) is 11.7 Å². The molecule has 2 aromatic rings. The van der Waals surface area contributed by atoms with Gasteiger partial charge in [-0.15, -0.1) is 24.8 Å². The fraction of sp³-hybridized carbons (Fsp3) is 0.316. The maximum Gasteiger partial charge on any atom is 0.241 e. The first-order chi connectivity index (χ1) is 11.2. The molecule has 6 heteroatoms. The lowest BCUT2D eigenvalue weighted by Gasteiger charge is -2.19. The smallest absolute Gasteiger partial charge is 0.241 e. The summed E-state index contributed by atoms with van der Waals surface area (Å²) in [6, 6.07) is 19.3. The predicted octanol–water partition coefficient (Wildman–Crippen LogP) is 3.17. The van der Waals surface area contributed by atoms with Crippen LogP contribution in [0.5, 0.6) is 0 Å². The molecule has 1 saturated heterocycles. The van der Waals surface area contributed by atoms with Gasteiger partial charge in [-0.3, -0.25) is 4.79 Å². The Bertz CT molecular complexity index is 640. The molecule has 1 heterocycles. The summed E-state index contributed by atoms with van der Waals surface area (Å²) in [5, 5.41) is 3.00. The Hall–Kier alpha value is -1.75. The molecule has 0 bridgehead atoms. The molecule has 1 fully saturated rings. The summed E-state index contributed by atoms with van der Waals surface area (Å²) in [7, 11) is 0. The van der Waals surface area contributed by atoms with Crippen LogP contribution in [0.1, 0.15) is 18.0 Å². The average molecular weight is 382 g/mol. The fourth-order valence-electron chi connectivity index (χ4n) is 3.04. The number of para-hydroxylation sites is 1. The van der Waals surface area contributed by atoms with Gasteiger partial charge in [0.2, 0.25) is 5.91 Å². The van der Waals surface area contributed by atoms with Crippen LogP contribution < -0.4 is 16.0 Å². The van der Waals surface area contributed by atoms with Gasteiger partial charge in [0.15, 0.2) is 0 Å². The first-order valence-electron chi connectivity index (χ1n) is 8.12. The summed E-state index contributed by atoms with van der Waals surface area (Å²) < 4.78 is 0. The highest BCUT2D eigenvalue weighted by Gasteiger charge is 2.24. The first kappa shape index (κ1) is 21.3. The van der Waals surface area contributed by atoms with Gasteiger partial charge in [0, 0.05) is 25.3 Å². The second kappa shape index (κ2) is 10.3. The number of carbonyl (C=O) groups excluding carboxylic acids is 1. The van der Waals surface area contributed by atoms with Crippen molar-refractivity contribution in [3.8, 4) is 0 Å². The molecule has 2 unspecified atom stereocenters. The van der Waals surface area contributed by atoms with Crippen molar-refractivity contribution in [3.05, 3.63) is 66.2 Å². The molecule has 0 spiro atoms. The summed E-state index contributed by atoms with van der Waals surface area (Å²) in [6.45, 7) is 2.70. The van der Waals surface area contributed by atoms with Gasteiger partial charge in [-0.25, -0.2) is 0 Å². The van der Waals surface area contributed by atoms with Crippen LogP contribution in [-0.4, -0.2) is 25.5 Å². The van der Waals surface area contributed by atoms with E-state index in [4.69, 9.17) is 5.73 Å². The van der Waals surface area contributed by atoms with Gasteiger partial charge in [-0.1, -0.05) is 48.5 Å². The molecule has 3 N–H and O–H groups in total. The molecule has 4 nitrogen and oxygen atoms in total. The van der Waals surface area contributed by atoms with Gasteiger partial charge >= 0.3 is 0 Å². The Labute approximate surface area is 161 Å². The van der Waals surface area contributed by atoms with Crippen molar-refractivity contribution < 1.29 is 4.79 Å². The summed E-state index contributed by atoms with van der Waals surface area (Å²) in [4.78, 5) is 14.6. The fourth-order valence-corrected chi connectivity index (χ4v) is 3.04. The maximum absolute atomic E-state index is 12.2. The van der Waals surface area contributed by atoms with Crippen LogP contribution in [0.2, 0.25) is 0 Å². The molecule has 1 aliphatic heterocycles. The lowest BCUT2D eigenvalue weighted by molar-refractivity contribution is -0.122. The van der Waals surface area contributed by atoms with Crippen molar-refractivity contribution >= 4 is 36.4 Å². The maximum atomic E-state index is 12.2.